The van der Waals surface area contributed by atoms with Crippen LogP contribution < -0.4 is 10.2 Å². The molecule has 15 heavy (non-hydrogen) atoms. The molecule has 1 N–H and O–H groups in total. The first-order chi connectivity index (χ1) is 7.38. The van der Waals surface area contributed by atoms with Crippen molar-refractivity contribution in [1.82, 2.24) is 5.32 Å². The van der Waals surface area contributed by atoms with Gasteiger partial charge in [0.15, 0.2) is 0 Å². The molecule has 2 aliphatic heterocycles. The Morgan fingerprint density at radius 2 is 2.13 bits per heavy atom. The van der Waals surface area contributed by atoms with Crippen LogP contribution in [0.3, 0.4) is 0 Å². The van der Waals surface area contributed by atoms with E-state index in [2.05, 4.69) is 27.7 Å². The highest BCUT2D eigenvalue weighted by molar-refractivity contribution is 7.14. The quantitative estimate of drug-likeness (QED) is 0.784. The Morgan fingerprint density at radius 3 is 2.73 bits per heavy atom. The van der Waals surface area contributed by atoms with Gasteiger partial charge in [0.05, 0.1) is 5.00 Å². The van der Waals surface area contributed by atoms with Crippen molar-refractivity contribution >= 4 is 16.3 Å². The molecule has 1 aromatic heterocycles. The molecule has 0 saturated carbocycles. The fourth-order valence-electron chi connectivity index (χ4n) is 2.87. The zero-order chi connectivity index (χ0) is 10.1. The van der Waals surface area contributed by atoms with Gasteiger partial charge in [-0.05, 0) is 48.7 Å². The van der Waals surface area contributed by atoms with E-state index in [0.717, 1.165) is 0 Å². The van der Waals surface area contributed by atoms with Crippen LogP contribution in [0.5, 0.6) is 0 Å². The minimum atomic E-state index is 0.647. The molecular weight excluding hydrogens is 204 g/mol. The average Bonchev–Trinajstić information content (AvgIpc) is 2.91. The van der Waals surface area contributed by atoms with Crippen molar-refractivity contribution in [2.75, 3.05) is 31.1 Å². The lowest BCUT2D eigenvalue weighted by molar-refractivity contribution is 0.248. The van der Waals surface area contributed by atoms with E-state index in [1.807, 2.05) is 11.3 Å². The number of nitrogens with one attached hydrogen (secondary N) is 1. The van der Waals surface area contributed by atoms with Crippen LogP contribution in [0.4, 0.5) is 5.00 Å². The van der Waals surface area contributed by atoms with Gasteiger partial charge in [-0.2, -0.15) is 0 Å². The monoisotopic (exact) mass is 222 g/mol. The second kappa shape index (κ2) is 3.80. The van der Waals surface area contributed by atoms with Gasteiger partial charge in [0.25, 0.3) is 0 Å². The molecule has 2 nitrogen and oxygen atoms in total. The van der Waals surface area contributed by atoms with Crippen LogP contribution in [0.25, 0.3) is 0 Å². The van der Waals surface area contributed by atoms with E-state index in [1.165, 1.54) is 50.4 Å². The topological polar surface area (TPSA) is 15.3 Å². The summed E-state index contributed by atoms with van der Waals surface area (Å²) in [5.41, 5.74) is 0.647. The highest BCUT2D eigenvalue weighted by Crippen LogP contribution is 2.38. The lowest BCUT2D eigenvalue weighted by atomic mass is 9.78. The number of nitrogens with zero attached hydrogens (tertiary/aromatic N) is 1. The Labute approximate surface area is 95.3 Å². The summed E-state index contributed by atoms with van der Waals surface area (Å²) in [6.45, 7) is 4.99. The predicted octanol–water partition coefficient (Wildman–Crippen LogP) is 2.33. The van der Waals surface area contributed by atoms with Gasteiger partial charge in [0.1, 0.15) is 0 Å². The molecule has 0 bridgehead atoms. The van der Waals surface area contributed by atoms with Crippen LogP contribution >= 0.6 is 11.3 Å². The number of anilines is 1. The van der Waals surface area contributed by atoms with Crippen LogP contribution in [-0.4, -0.2) is 26.2 Å². The third kappa shape index (κ3) is 1.79. The highest BCUT2D eigenvalue weighted by Gasteiger charge is 2.36. The van der Waals surface area contributed by atoms with E-state index in [1.54, 1.807) is 0 Å². The molecular formula is C12H18N2S. The number of rotatable bonds is 1. The van der Waals surface area contributed by atoms with E-state index in [0.29, 0.717) is 5.41 Å². The molecule has 3 rings (SSSR count). The first-order valence-electron chi connectivity index (χ1n) is 5.87. The third-order valence-corrected chi connectivity index (χ3v) is 4.90. The molecule has 0 unspecified atom stereocenters. The van der Waals surface area contributed by atoms with Crippen molar-refractivity contribution < 1.29 is 0 Å². The zero-order valence-electron chi connectivity index (χ0n) is 9.04. The SMILES string of the molecule is c1csc(N2CCC3(CCNC3)CC2)c1. The standard InChI is InChI=1S/C12H18N2S/c1-2-11(15-9-1)14-7-4-12(5-8-14)3-6-13-10-12/h1-2,9,13H,3-8,10H2. The fraction of sp³-hybridized carbons (Fsp3) is 0.667. The lowest BCUT2D eigenvalue weighted by Gasteiger charge is -2.39. The van der Waals surface area contributed by atoms with Crippen LogP contribution in [0, 0.1) is 5.41 Å². The summed E-state index contributed by atoms with van der Waals surface area (Å²) in [7, 11) is 0. The van der Waals surface area contributed by atoms with E-state index >= 15 is 0 Å². The third-order valence-electron chi connectivity index (χ3n) is 3.97. The number of thiophene rings is 1. The molecule has 0 aliphatic carbocycles. The number of hydrogen-bond donors (Lipinski definition) is 1. The van der Waals surface area contributed by atoms with Crippen LogP contribution in [0.15, 0.2) is 17.5 Å². The van der Waals surface area contributed by atoms with Crippen LogP contribution in [-0.2, 0) is 0 Å². The molecule has 3 heteroatoms. The van der Waals surface area contributed by atoms with E-state index in [4.69, 9.17) is 0 Å². The minimum Gasteiger partial charge on any atom is -0.363 e. The highest BCUT2D eigenvalue weighted by atomic mass is 32.1. The minimum absolute atomic E-state index is 0.647. The van der Waals surface area contributed by atoms with Gasteiger partial charge >= 0.3 is 0 Å². The van der Waals surface area contributed by atoms with Crippen molar-refractivity contribution in [2.45, 2.75) is 19.3 Å². The summed E-state index contributed by atoms with van der Waals surface area (Å²) < 4.78 is 0. The molecule has 3 heterocycles. The Hall–Kier alpha value is -0.540. The smallest absolute Gasteiger partial charge is 0.0908 e. The first-order valence-corrected chi connectivity index (χ1v) is 6.75. The molecule has 0 atom stereocenters. The molecule has 2 saturated heterocycles. The summed E-state index contributed by atoms with van der Waals surface area (Å²) in [5, 5.41) is 7.15. The van der Waals surface area contributed by atoms with Gasteiger partial charge in [-0.1, -0.05) is 0 Å². The second-order valence-electron chi connectivity index (χ2n) is 4.87. The second-order valence-corrected chi connectivity index (χ2v) is 5.79. The maximum absolute atomic E-state index is 3.52. The van der Waals surface area contributed by atoms with Gasteiger partial charge in [0.2, 0.25) is 0 Å². The molecule has 2 aliphatic rings. The normalized spacial score (nSPS) is 24.9. The van der Waals surface area contributed by atoms with Gasteiger partial charge in [-0.3, -0.25) is 0 Å². The van der Waals surface area contributed by atoms with Gasteiger partial charge in [-0.25, -0.2) is 0 Å². The van der Waals surface area contributed by atoms with Crippen LogP contribution in [0.2, 0.25) is 0 Å². The van der Waals surface area contributed by atoms with E-state index in [-0.39, 0.29) is 0 Å². The largest absolute Gasteiger partial charge is 0.363 e. The van der Waals surface area contributed by atoms with Crippen molar-refractivity contribution in [2.24, 2.45) is 5.41 Å². The molecule has 82 valence electrons. The lowest BCUT2D eigenvalue weighted by Crippen LogP contribution is -2.40. The summed E-state index contributed by atoms with van der Waals surface area (Å²) >= 11 is 1.87. The van der Waals surface area contributed by atoms with E-state index < -0.39 is 0 Å². The molecule has 1 aromatic rings. The number of piperidine rings is 1. The van der Waals surface area contributed by atoms with E-state index in [9.17, 15) is 0 Å². The maximum Gasteiger partial charge on any atom is 0.0908 e. The fourth-order valence-corrected chi connectivity index (χ4v) is 3.66. The average molecular weight is 222 g/mol. The summed E-state index contributed by atoms with van der Waals surface area (Å²) in [6, 6.07) is 4.40. The summed E-state index contributed by atoms with van der Waals surface area (Å²) in [6.07, 6.45) is 4.14. The molecule has 0 radical (unpaired) electrons. The zero-order valence-corrected chi connectivity index (χ0v) is 9.85. The van der Waals surface area contributed by atoms with Gasteiger partial charge < -0.3 is 10.2 Å². The Morgan fingerprint density at radius 1 is 1.27 bits per heavy atom. The number of hydrogen-bond acceptors (Lipinski definition) is 3. The predicted molar refractivity (Wildman–Crippen MR) is 65.7 cm³/mol. The molecule has 2 fully saturated rings. The molecule has 0 amide bonds. The van der Waals surface area contributed by atoms with Crippen molar-refractivity contribution in [3.05, 3.63) is 17.5 Å². The summed E-state index contributed by atoms with van der Waals surface area (Å²) in [5.74, 6) is 0. The Kier molecular flexibility index (Phi) is 2.45. The molecule has 1 spiro atoms. The van der Waals surface area contributed by atoms with Gasteiger partial charge in [-0.15, -0.1) is 11.3 Å². The Bertz CT molecular complexity index is 304. The van der Waals surface area contributed by atoms with Crippen molar-refractivity contribution in [1.29, 1.82) is 0 Å². The maximum atomic E-state index is 3.52. The van der Waals surface area contributed by atoms with Crippen LogP contribution in [0.1, 0.15) is 19.3 Å². The summed E-state index contributed by atoms with van der Waals surface area (Å²) in [4.78, 5) is 2.55. The Balaban J connectivity index is 1.65. The first kappa shape index (κ1) is 9.67. The van der Waals surface area contributed by atoms with Crippen molar-refractivity contribution in [3.8, 4) is 0 Å². The molecule has 0 aromatic carbocycles. The van der Waals surface area contributed by atoms with Gasteiger partial charge in [0, 0.05) is 19.6 Å². The van der Waals surface area contributed by atoms with Crippen molar-refractivity contribution in [3.63, 3.8) is 0 Å².